The molecule has 5 nitrogen and oxygen atoms in total. The summed E-state index contributed by atoms with van der Waals surface area (Å²) in [5, 5.41) is 0. The number of aldehydes is 1. The van der Waals surface area contributed by atoms with E-state index < -0.39 is 0 Å². The Labute approximate surface area is 147 Å². The van der Waals surface area contributed by atoms with E-state index >= 15 is 0 Å². The Morgan fingerprint density at radius 3 is 2.79 bits per heavy atom. The zero-order valence-electron chi connectivity index (χ0n) is 13.4. The van der Waals surface area contributed by atoms with E-state index in [4.69, 9.17) is 0 Å². The summed E-state index contributed by atoms with van der Waals surface area (Å²) in [5.74, 6) is 0. The monoisotopic (exact) mass is 385 g/mol. The number of hydrogen-bond donors (Lipinski definition) is 0. The van der Waals surface area contributed by atoms with E-state index in [0.29, 0.717) is 21.2 Å². The average molecular weight is 386 g/mol. The van der Waals surface area contributed by atoms with Gasteiger partial charge in [-0.2, -0.15) is 0 Å². The van der Waals surface area contributed by atoms with Crippen LogP contribution in [-0.4, -0.2) is 20.2 Å². The van der Waals surface area contributed by atoms with Gasteiger partial charge in [-0.25, -0.2) is 0 Å². The quantitative estimate of drug-likeness (QED) is 0.636. The lowest BCUT2D eigenvalue weighted by atomic mass is 9.90. The van der Waals surface area contributed by atoms with Crippen LogP contribution in [0.2, 0.25) is 0 Å². The van der Waals surface area contributed by atoms with E-state index in [0.717, 1.165) is 19.1 Å². The molecule has 3 aromatic rings. The van der Waals surface area contributed by atoms with Crippen LogP contribution in [0.3, 0.4) is 0 Å². The molecule has 24 heavy (non-hydrogen) atoms. The largest absolute Gasteiger partial charge is 0.314 e. The number of rotatable bonds is 2. The minimum Gasteiger partial charge on any atom is -0.314 e. The summed E-state index contributed by atoms with van der Waals surface area (Å²) in [5.41, 5.74) is 4.06. The second-order valence-corrected chi connectivity index (χ2v) is 7.89. The van der Waals surface area contributed by atoms with Crippen LogP contribution in [0.4, 0.5) is 0 Å². The first kappa shape index (κ1) is 15.3. The summed E-state index contributed by atoms with van der Waals surface area (Å²) in [6.07, 6.45) is 9.35. The fourth-order valence-corrected chi connectivity index (χ4v) is 4.01. The van der Waals surface area contributed by atoms with Crippen molar-refractivity contribution in [2.24, 2.45) is 5.41 Å². The maximum atomic E-state index is 13.0. The van der Waals surface area contributed by atoms with Gasteiger partial charge >= 0.3 is 0 Å². The molecule has 0 amide bonds. The van der Waals surface area contributed by atoms with Gasteiger partial charge in [0.1, 0.15) is 5.52 Å². The number of aromatic nitrogens is 3. The van der Waals surface area contributed by atoms with Crippen LogP contribution in [0.15, 0.2) is 40.1 Å². The van der Waals surface area contributed by atoms with Gasteiger partial charge in [-0.15, -0.1) is 0 Å². The van der Waals surface area contributed by atoms with Gasteiger partial charge in [-0.05, 0) is 45.8 Å². The molecule has 0 aromatic carbocycles. The minimum atomic E-state index is -0.146. The van der Waals surface area contributed by atoms with Crippen LogP contribution in [-0.2, 0) is 12.8 Å². The molecule has 0 fully saturated rings. The van der Waals surface area contributed by atoms with Gasteiger partial charge in [-0.3, -0.25) is 19.1 Å². The van der Waals surface area contributed by atoms with E-state index in [9.17, 15) is 9.59 Å². The third-order valence-electron chi connectivity index (χ3n) is 4.65. The molecule has 0 saturated carbocycles. The van der Waals surface area contributed by atoms with Crippen LogP contribution in [0.5, 0.6) is 0 Å². The van der Waals surface area contributed by atoms with Crippen molar-refractivity contribution in [3.8, 4) is 5.69 Å². The lowest BCUT2D eigenvalue weighted by Crippen LogP contribution is -2.22. The number of carbonyl (C=O) groups excluding carboxylic acids is 1. The highest BCUT2D eigenvalue weighted by Gasteiger charge is 2.31. The highest BCUT2D eigenvalue weighted by Crippen LogP contribution is 2.37. The summed E-state index contributed by atoms with van der Waals surface area (Å²) >= 11 is 3.31. The Morgan fingerprint density at radius 2 is 2.04 bits per heavy atom. The molecule has 0 aliphatic heterocycles. The van der Waals surface area contributed by atoms with Gasteiger partial charge in [0, 0.05) is 28.8 Å². The molecule has 3 heterocycles. The number of nitrogens with zero attached hydrogens (tertiary/aromatic N) is 3. The first-order chi connectivity index (χ1) is 11.4. The second-order valence-electron chi connectivity index (χ2n) is 7.03. The van der Waals surface area contributed by atoms with Crippen LogP contribution in [0, 0.1) is 5.41 Å². The Bertz CT molecular complexity index is 1050. The average Bonchev–Trinajstić information content (AvgIpc) is 3.00. The molecule has 122 valence electrons. The topological polar surface area (TPSA) is 56.4 Å². The maximum absolute atomic E-state index is 13.0. The van der Waals surface area contributed by atoms with E-state index in [-0.39, 0.29) is 11.0 Å². The van der Waals surface area contributed by atoms with E-state index in [1.54, 1.807) is 12.4 Å². The lowest BCUT2D eigenvalue weighted by Gasteiger charge is -2.16. The molecule has 1 aliphatic carbocycles. The van der Waals surface area contributed by atoms with Crippen molar-refractivity contribution in [3.05, 3.63) is 62.5 Å². The highest BCUT2D eigenvalue weighted by atomic mass is 79.9. The van der Waals surface area contributed by atoms with Crippen molar-refractivity contribution in [2.45, 2.75) is 26.7 Å². The van der Waals surface area contributed by atoms with Gasteiger partial charge in [0.05, 0.1) is 17.4 Å². The predicted molar refractivity (Wildman–Crippen MR) is 95.1 cm³/mol. The van der Waals surface area contributed by atoms with Gasteiger partial charge in [0.25, 0.3) is 5.56 Å². The molecular weight excluding hydrogens is 370 g/mol. The zero-order valence-corrected chi connectivity index (χ0v) is 15.0. The van der Waals surface area contributed by atoms with Crippen molar-refractivity contribution in [1.82, 2.24) is 14.0 Å². The van der Waals surface area contributed by atoms with Crippen molar-refractivity contribution in [3.63, 3.8) is 0 Å². The number of hydrogen-bond acceptors (Lipinski definition) is 3. The summed E-state index contributed by atoms with van der Waals surface area (Å²) in [7, 11) is 0. The second kappa shape index (κ2) is 5.14. The van der Waals surface area contributed by atoms with Crippen molar-refractivity contribution in [2.75, 3.05) is 0 Å². The van der Waals surface area contributed by atoms with Crippen molar-refractivity contribution in [1.29, 1.82) is 0 Å². The Morgan fingerprint density at radius 1 is 1.25 bits per heavy atom. The molecule has 0 bridgehead atoms. The Hall–Kier alpha value is -2.21. The summed E-state index contributed by atoms with van der Waals surface area (Å²) in [6, 6.07) is 1.98. The number of fused-ring (bicyclic) bond motifs is 3. The van der Waals surface area contributed by atoms with Crippen LogP contribution in [0.1, 0.15) is 35.5 Å². The summed E-state index contributed by atoms with van der Waals surface area (Å²) in [4.78, 5) is 28.4. The first-order valence-corrected chi connectivity index (χ1v) is 8.54. The van der Waals surface area contributed by atoms with E-state index in [1.165, 1.54) is 22.0 Å². The van der Waals surface area contributed by atoms with Crippen LogP contribution >= 0.6 is 15.9 Å². The SMILES string of the molecule is CC1(C)Cc2cc3c(=O)n(-c4cncc(Br)c4C=O)ccn3c2C1. The molecule has 0 unspecified atom stereocenters. The van der Waals surface area contributed by atoms with Gasteiger partial charge < -0.3 is 4.40 Å². The van der Waals surface area contributed by atoms with E-state index in [1.807, 2.05) is 16.7 Å². The molecule has 4 rings (SSSR count). The zero-order chi connectivity index (χ0) is 17.1. The van der Waals surface area contributed by atoms with E-state index in [2.05, 4.69) is 34.8 Å². The van der Waals surface area contributed by atoms with Crippen molar-refractivity contribution >= 4 is 27.7 Å². The summed E-state index contributed by atoms with van der Waals surface area (Å²) < 4.78 is 4.04. The molecule has 0 spiro atoms. The highest BCUT2D eigenvalue weighted by molar-refractivity contribution is 9.10. The molecule has 1 aliphatic rings. The smallest absolute Gasteiger partial charge is 0.279 e. The molecule has 0 radical (unpaired) electrons. The predicted octanol–water partition coefficient (Wildman–Crippen LogP) is 3.19. The molecule has 3 aromatic heterocycles. The number of pyridine rings is 1. The third-order valence-corrected chi connectivity index (χ3v) is 5.28. The standard InChI is InChI=1S/C18H16BrN3O2/c1-18(2)6-11-5-14-17(24)22(4-3-21(14)15(11)7-18)16-9-20-8-13(19)12(16)10-23/h3-5,8-10H,6-7H2,1-2H3. The molecule has 0 N–H and O–H groups in total. The molecule has 6 heteroatoms. The number of halogens is 1. The molecule has 0 saturated heterocycles. The third kappa shape index (κ3) is 2.17. The fraction of sp³-hybridized carbons (Fsp3) is 0.278. The van der Waals surface area contributed by atoms with Gasteiger partial charge in [0.2, 0.25) is 0 Å². The first-order valence-electron chi connectivity index (χ1n) is 7.75. The fourth-order valence-electron chi connectivity index (χ4n) is 3.59. The Balaban J connectivity index is 1.95. The van der Waals surface area contributed by atoms with Crippen molar-refractivity contribution < 1.29 is 4.79 Å². The maximum Gasteiger partial charge on any atom is 0.279 e. The van der Waals surface area contributed by atoms with Gasteiger partial charge in [0.15, 0.2) is 6.29 Å². The summed E-state index contributed by atoms with van der Waals surface area (Å²) in [6.45, 7) is 4.48. The van der Waals surface area contributed by atoms with Crippen LogP contribution in [0.25, 0.3) is 11.2 Å². The minimum absolute atomic E-state index is 0.146. The number of carbonyl (C=O) groups is 1. The normalized spacial score (nSPS) is 15.6. The Kier molecular flexibility index (Phi) is 3.28. The van der Waals surface area contributed by atoms with Crippen LogP contribution < -0.4 is 5.56 Å². The van der Waals surface area contributed by atoms with Gasteiger partial charge in [-0.1, -0.05) is 13.8 Å². The molecular formula is C18H16BrN3O2. The molecule has 0 atom stereocenters. The lowest BCUT2D eigenvalue weighted by molar-refractivity contribution is 0.112.